The van der Waals surface area contributed by atoms with Crippen LogP contribution in [0.2, 0.25) is 0 Å². The average Bonchev–Trinajstić information content (AvgIpc) is 3.27. The van der Waals surface area contributed by atoms with E-state index < -0.39 is 34.4 Å². The first-order valence-corrected chi connectivity index (χ1v) is 12.7. The number of aromatic nitrogens is 1. The van der Waals surface area contributed by atoms with Crippen LogP contribution in [0.1, 0.15) is 30.3 Å². The minimum Gasteiger partial charge on any atom is -0.494 e. The Hall–Kier alpha value is -3.58. The Balaban J connectivity index is 1.68. The Labute approximate surface area is 198 Å². The number of benzene rings is 1. The molecule has 0 bridgehead atoms. The van der Waals surface area contributed by atoms with E-state index >= 15 is 0 Å². The number of aryl methyl sites for hydroxylation is 1. The lowest BCUT2D eigenvalue weighted by molar-refractivity contribution is -0.144. The average molecular weight is 486 g/mol. The number of esters is 1. The van der Waals surface area contributed by atoms with E-state index in [1.807, 2.05) is 61.7 Å². The number of carbonyl (C=O) groups is 2. The maximum atomic E-state index is 12.4. The molecule has 1 aliphatic heterocycles. The molecule has 34 heavy (non-hydrogen) atoms. The zero-order chi connectivity index (χ0) is 24.9. The van der Waals surface area contributed by atoms with Gasteiger partial charge >= 0.3 is 5.97 Å². The maximum Gasteiger partial charge on any atom is 0.349 e. The SMILES string of the molecule is CCOc1ccc(-n2c(C)cc(C=C(C#N)C(=O)OCC(=O)NC3CCS(=O)(=O)C3)c2C)cc1. The highest BCUT2D eigenvalue weighted by molar-refractivity contribution is 7.91. The zero-order valence-electron chi connectivity index (χ0n) is 19.3. The van der Waals surface area contributed by atoms with Gasteiger partial charge in [-0.05, 0) is 69.2 Å². The molecule has 1 saturated heterocycles. The van der Waals surface area contributed by atoms with Crippen molar-refractivity contribution in [2.24, 2.45) is 0 Å². The molecule has 1 N–H and O–H groups in total. The van der Waals surface area contributed by atoms with Crippen molar-refractivity contribution in [3.63, 3.8) is 0 Å². The van der Waals surface area contributed by atoms with E-state index in [2.05, 4.69) is 5.32 Å². The van der Waals surface area contributed by atoms with Crippen LogP contribution in [0.4, 0.5) is 0 Å². The zero-order valence-corrected chi connectivity index (χ0v) is 20.1. The third kappa shape index (κ3) is 6.05. The molecule has 0 radical (unpaired) electrons. The van der Waals surface area contributed by atoms with Gasteiger partial charge in [-0.3, -0.25) is 4.79 Å². The van der Waals surface area contributed by atoms with Crippen molar-refractivity contribution in [3.05, 3.63) is 52.9 Å². The maximum absolute atomic E-state index is 12.4. The van der Waals surface area contributed by atoms with Crippen molar-refractivity contribution in [2.45, 2.75) is 33.2 Å². The Bertz CT molecular complexity index is 1250. The summed E-state index contributed by atoms with van der Waals surface area (Å²) in [6.07, 6.45) is 1.76. The van der Waals surface area contributed by atoms with Crippen LogP contribution in [-0.4, -0.2) is 55.6 Å². The number of hydrogen-bond acceptors (Lipinski definition) is 7. The lowest BCUT2D eigenvalue weighted by Crippen LogP contribution is -2.38. The van der Waals surface area contributed by atoms with Gasteiger partial charge in [-0.2, -0.15) is 5.26 Å². The summed E-state index contributed by atoms with van der Waals surface area (Å²) in [7, 11) is -3.14. The predicted molar refractivity (Wildman–Crippen MR) is 126 cm³/mol. The van der Waals surface area contributed by atoms with Crippen molar-refractivity contribution in [3.8, 4) is 17.5 Å². The third-order valence-corrected chi connectivity index (χ3v) is 7.22. The third-order valence-electron chi connectivity index (χ3n) is 5.45. The van der Waals surface area contributed by atoms with E-state index in [0.717, 1.165) is 22.8 Å². The minimum absolute atomic E-state index is 0.0220. The van der Waals surface area contributed by atoms with Gasteiger partial charge in [0.1, 0.15) is 17.4 Å². The first-order valence-electron chi connectivity index (χ1n) is 10.8. The quantitative estimate of drug-likeness (QED) is 0.345. The minimum atomic E-state index is -3.14. The highest BCUT2D eigenvalue weighted by Gasteiger charge is 2.29. The summed E-state index contributed by atoms with van der Waals surface area (Å²) in [6.45, 7) is 5.68. The van der Waals surface area contributed by atoms with Crippen LogP contribution in [0.5, 0.6) is 5.75 Å². The molecule has 2 aromatic rings. The van der Waals surface area contributed by atoms with Crippen molar-refractivity contribution in [2.75, 3.05) is 24.7 Å². The van der Waals surface area contributed by atoms with E-state index in [0.29, 0.717) is 18.6 Å². The molecule has 3 rings (SSSR count). The topological polar surface area (TPSA) is 127 Å². The first kappa shape index (κ1) is 25.1. The molecule has 0 aliphatic carbocycles. The molecule has 1 aromatic heterocycles. The molecule has 1 amide bonds. The van der Waals surface area contributed by atoms with Gasteiger partial charge < -0.3 is 19.4 Å². The Kier molecular flexibility index (Phi) is 7.79. The summed E-state index contributed by atoms with van der Waals surface area (Å²) in [5, 5.41) is 12.0. The monoisotopic (exact) mass is 485 g/mol. The number of nitrogens with one attached hydrogen (secondary N) is 1. The highest BCUT2D eigenvalue weighted by Crippen LogP contribution is 2.24. The van der Waals surface area contributed by atoms with Crippen LogP contribution in [0, 0.1) is 25.2 Å². The number of nitriles is 1. The van der Waals surface area contributed by atoms with Gasteiger partial charge in [-0.25, -0.2) is 13.2 Å². The lowest BCUT2D eigenvalue weighted by Gasteiger charge is -2.11. The van der Waals surface area contributed by atoms with E-state index in [4.69, 9.17) is 9.47 Å². The molecule has 9 nitrogen and oxygen atoms in total. The molecular formula is C24H27N3O6S. The standard InChI is InChI=1S/C24H27N3O6S/c1-4-32-22-7-5-21(6-8-22)27-16(2)11-18(17(27)3)12-19(13-25)24(29)33-14-23(28)26-20-9-10-34(30,31)15-20/h5-8,11-12,20H,4,9-10,14-15H2,1-3H3,(H,26,28). The molecule has 180 valence electrons. The van der Waals surface area contributed by atoms with Crippen LogP contribution in [-0.2, 0) is 24.2 Å². The fraction of sp³-hybridized carbons (Fsp3) is 0.375. The molecule has 1 unspecified atom stereocenters. The van der Waals surface area contributed by atoms with Gasteiger partial charge in [0.2, 0.25) is 0 Å². The fourth-order valence-corrected chi connectivity index (χ4v) is 5.54. The molecule has 0 saturated carbocycles. The Morgan fingerprint density at radius 1 is 1.26 bits per heavy atom. The molecule has 1 fully saturated rings. The Morgan fingerprint density at radius 3 is 2.56 bits per heavy atom. The largest absolute Gasteiger partial charge is 0.494 e. The van der Waals surface area contributed by atoms with E-state index in [9.17, 15) is 23.3 Å². The van der Waals surface area contributed by atoms with E-state index in [-0.39, 0.29) is 17.1 Å². The molecule has 2 heterocycles. The molecular weight excluding hydrogens is 458 g/mol. The smallest absolute Gasteiger partial charge is 0.349 e. The van der Waals surface area contributed by atoms with Crippen LogP contribution >= 0.6 is 0 Å². The summed E-state index contributed by atoms with van der Waals surface area (Å²) in [5.41, 5.74) is 3.06. The van der Waals surface area contributed by atoms with Gasteiger partial charge in [-0.15, -0.1) is 0 Å². The highest BCUT2D eigenvalue weighted by atomic mass is 32.2. The fourth-order valence-electron chi connectivity index (χ4n) is 3.87. The van der Waals surface area contributed by atoms with Crippen molar-refractivity contribution < 1.29 is 27.5 Å². The van der Waals surface area contributed by atoms with Crippen LogP contribution in [0.15, 0.2) is 35.9 Å². The second-order valence-electron chi connectivity index (χ2n) is 8.00. The van der Waals surface area contributed by atoms with Gasteiger partial charge in [0, 0.05) is 23.1 Å². The number of hydrogen-bond donors (Lipinski definition) is 1. The van der Waals surface area contributed by atoms with Crippen molar-refractivity contribution >= 4 is 27.8 Å². The van der Waals surface area contributed by atoms with Gasteiger partial charge in [0.25, 0.3) is 5.91 Å². The van der Waals surface area contributed by atoms with E-state index in [1.165, 1.54) is 6.08 Å². The first-order chi connectivity index (χ1) is 16.1. The summed E-state index contributed by atoms with van der Waals surface area (Å²) in [4.78, 5) is 24.4. The molecule has 1 aromatic carbocycles. The number of ether oxygens (including phenoxy) is 2. The molecule has 1 atom stereocenters. The van der Waals surface area contributed by atoms with Crippen LogP contribution in [0.3, 0.4) is 0 Å². The predicted octanol–water partition coefficient (Wildman–Crippen LogP) is 2.25. The lowest BCUT2D eigenvalue weighted by atomic mass is 10.1. The number of amides is 1. The number of nitrogens with zero attached hydrogens (tertiary/aromatic N) is 2. The summed E-state index contributed by atoms with van der Waals surface area (Å²) >= 11 is 0. The summed E-state index contributed by atoms with van der Waals surface area (Å²) in [5.74, 6) is -0.875. The molecule has 0 spiro atoms. The van der Waals surface area contributed by atoms with Gasteiger partial charge in [0.05, 0.1) is 18.1 Å². The van der Waals surface area contributed by atoms with Gasteiger partial charge in [0.15, 0.2) is 16.4 Å². The van der Waals surface area contributed by atoms with Gasteiger partial charge in [-0.1, -0.05) is 0 Å². The molecule has 10 heteroatoms. The van der Waals surface area contributed by atoms with Crippen LogP contribution in [0.25, 0.3) is 11.8 Å². The summed E-state index contributed by atoms with van der Waals surface area (Å²) < 4.78 is 35.4. The number of sulfone groups is 1. The summed E-state index contributed by atoms with van der Waals surface area (Å²) in [6, 6.07) is 10.8. The van der Waals surface area contributed by atoms with Crippen LogP contribution < -0.4 is 10.1 Å². The second kappa shape index (κ2) is 10.6. The number of rotatable bonds is 8. The van der Waals surface area contributed by atoms with E-state index in [1.54, 1.807) is 0 Å². The van der Waals surface area contributed by atoms with Crippen molar-refractivity contribution in [1.29, 1.82) is 5.26 Å². The normalized spacial score (nSPS) is 17.1. The Morgan fingerprint density at radius 2 is 1.97 bits per heavy atom. The second-order valence-corrected chi connectivity index (χ2v) is 10.2. The molecule has 1 aliphatic rings. The van der Waals surface area contributed by atoms with Crippen molar-refractivity contribution in [1.82, 2.24) is 9.88 Å². The number of carbonyl (C=O) groups excluding carboxylic acids is 2.